The predicted molar refractivity (Wildman–Crippen MR) is 55.5 cm³/mol. The minimum Gasteiger partial charge on any atom is -0.229 e. The molecule has 0 bridgehead atoms. The molecule has 0 unspecified atom stereocenters. The van der Waals surface area contributed by atoms with Gasteiger partial charge in [0.15, 0.2) is 0 Å². The van der Waals surface area contributed by atoms with Crippen molar-refractivity contribution in [2.45, 2.75) is 0 Å². The van der Waals surface area contributed by atoms with Crippen LogP contribution in [0.4, 0.5) is 0 Å². The van der Waals surface area contributed by atoms with Crippen molar-refractivity contribution in [2.24, 2.45) is 5.11 Å². The first-order valence-corrected chi connectivity index (χ1v) is 7.64. The van der Waals surface area contributed by atoms with Gasteiger partial charge in [-0.3, -0.25) is 0 Å². The third-order valence-electron chi connectivity index (χ3n) is 1.32. The highest BCUT2D eigenvalue weighted by Gasteiger charge is 2.13. The molecule has 0 spiro atoms. The monoisotopic (exact) mass is 256 g/mol. The Kier molecular flexibility index (Phi) is 5.58. The number of azide groups is 1. The molecule has 0 saturated carbocycles. The molecular formula is C5H12N4O4S2. The van der Waals surface area contributed by atoms with Gasteiger partial charge in [-0.1, -0.05) is 5.11 Å². The molecule has 15 heavy (non-hydrogen) atoms. The van der Waals surface area contributed by atoms with E-state index in [1.807, 2.05) is 0 Å². The molecule has 8 nitrogen and oxygen atoms in total. The Hall–Kier alpha value is -0.830. The lowest BCUT2D eigenvalue weighted by Crippen LogP contribution is -2.31. The standard InChI is InChI=1S/C5H12N4O4S2/c1-14(10,11)4-5-15(12,13)8-3-2-7-9-6/h8H,2-5H2,1H3. The number of hydrogen-bond acceptors (Lipinski definition) is 5. The van der Waals surface area contributed by atoms with Crippen molar-refractivity contribution < 1.29 is 16.8 Å². The van der Waals surface area contributed by atoms with E-state index in [-0.39, 0.29) is 13.1 Å². The SMILES string of the molecule is CS(=O)(=O)CCS(=O)(=O)NCCN=[N+]=[N-]. The summed E-state index contributed by atoms with van der Waals surface area (Å²) in [5.41, 5.74) is 7.91. The second-order valence-corrected chi connectivity index (χ2v) is 6.98. The van der Waals surface area contributed by atoms with Crippen LogP contribution in [0.3, 0.4) is 0 Å². The highest BCUT2D eigenvalue weighted by atomic mass is 32.2. The van der Waals surface area contributed by atoms with Crippen molar-refractivity contribution in [3.05, 3.63) is 10.4 Å². The van der Waals surface area contributed by atoms with Gasteiger partial charge in [0.25, 0.3) is 0 Å². The van der Waals surface area contributed by atoms with Crippen LogP contribution in [0.1, 0.15) is 0 Å². The Labute approximate surface area is 88.3 Å². The molecule has 0 radical (unpaired) electrons. The molecule has 0 heterocycles. The third kappa shape index (κ3) is 9.47. The summed E-state index contributed by atoms with van der Waals surface area (Å²) < 4.78 is 45.8. The van der Waals surface area contributed by atoms with Crippen molar-refractivity contribution in [3.8, 4) is 0 Å². The summed E-state index contributed by atoms with van der Waals surface area (Å²) in [5.74, 6) is -0.911. The lowest BCUT2D eigenvalue weighted by molar-refractivity contribution is 0.579. The fourth-order valence-corrected chi connectivity index (χ4v) is 3.26. The predicted octanol–water partition coefficient (Wildman–Crippen LogP) is -0.739. The minimum absolute atomic E-state index is 0.00535. The molecular weight excluding hydrogens is 244 g/mol. The third-order valence-corrected chi connectivity index (χ3v) is 3.91. The highest BCUT2D eigenvalue weighted by Crippen LogP contribution is 1.89. The average Bonchev–Trinajstić information content (AvgIpc) is 2.09. The number of sulfonamides is 1. The van der Waals surface area contributed by atoms with Gasteiger partial charge >= 0.3 is 0 Å². The molecule has 0 aliphatic heterocycles. The normalized spacial score (nSPS) is 12.1. The lowest BCUT2D eigenvalue weighted by Gasteiger charge is -2.03. The average molecular weight is 256 g/mol. The Morgan fingerprint density at radius 1 is 1.27 bits per heavy atom. The largest absolute Gasteiger partial charge is 0.229 e. The summed E-state index contributed by atoms with van der Waals surface area (Å²) in [6, 6.07) is 0. The molecule has 0 aliphatic rings. The van der Waals surface area contributed by atoms with Crippen LogP contribution in [0.25, 0.3) is 10.4 Å². The number of nitrogens with zero attached hydrogens (tertiary/aromatic N) is 3. The van der Waals surface area contributed by atoms with Gasteiger partial charge in [-0.25, -0.2) is 21.6 Å². The fraction of sp³-hybridized carbons (Fsp3) is 1.00. The van der Waals surface area contributed by atoms with Crippen molar-refractivity contribution in [1.82, 2.24) is 4.72 Å². The van der Waals surface area contributed by atoms with E-state index in [4.69, 9.17) is 5.53 Å². The Morgan fingerprint density at radius 2 is 1.87 bits per heavy atom. The maximum Gasteiger partial charge on any atom is 0.212 e. The number of nitrogens with one attached hydrogen (secondary N) is 1. The van der Waals surface area contributed by atoms with Crippen LogP contribution in [-0.4, -0.2) is 47.7 Å². The van der Waals surface area contributed by atoms with E-state index >= 15 is 0 Å². The van der Waals surface area contributed by atoms with Crippen molar-refractivity contribution in [3.63, 3.8) is 0 Å². The van der Waals surface area contributed by atoms with Crippen LogP contribution in [-0.2, 0) is 19.9 Å². The molecule has 1 N–H and O–H groups in total. The van der Waals surface area contributed by atoms with Crippen molar-refractivity contribution in [2.75, 3.05) is 30.9 Å². The summed E-state index contributed by atoms with van der Waals surface area (Å²) in [7, 11) is -6.90. The number of rotatable bonds is 7. The smallest absolute Gasteiger partial charge is 0.212 e. The fourth-order valence-electron chi connectivity index (χ4n) is 0.629. The number of hydrogen-bond donors (Lipinski definition) is 1. The molecule has 0 amide bonds. The first kappa shape index (κ1) is 14.2. The highest BCUT2D eigenvalue weighted by molar-refractivity contribution is 7.93. The van der Waals surface area contributed by atoms with Crippen molar-refractivity contribution in [1.29, 1.82) is 0 Å². The van der Waals surface area contributed by atoms with Gasteiger partial charge < -0.3 is 0 Å². The molecule has 0 fully saturated rings. The van der Waals surface area contributed by atoms with Crippen LogP contribution in [0.2, 0.25) is 0 Å². The van der Waals surface area contributed by atoms with Gasteiger partial charge in [0.1, 0.15) is 9.84 Å². The van der Waals surface area contributed by atoms with E-state index in [0.717, 1.165) is 6.26 Å². The summed E-state index contributed by atoms with van der Waals surface area (Å²) in [6.07, 6.45) is 0.961. The summed E-state index contributed by atoms with van der Waals surface area (Å²) in [6.45, 7) is -0.0369. The van der Waals surface area contributed by atoms with Gasteiger partial charge in [0.05, 0.1) is 11.5 Å². The van der Waals surface area contributed by atoms with E-state index in [2.05, 4.69) is 14.7 Å². The second kappa shape index (κ2) is 5.91. The molecule has 0 aliphatic carbocycles. The Bertz CT molecular complexity index is 434. The molecule has 0 aromatic rings. The zero-order chi connectivity index (χ0) is 11.9. The minimum atomic E-state index is -3.61. The lowest BCUT2D eigenvalue weighted by atomic mass is 10.7. The quantitative estimate of drug-likeness (QED) is 0.278. The van der Waals surface area contributed by atoms with E-state index in [1.54, 1.807) is 0 Å². The Balaban J connectivity index is 4.04. The molecule has 0 atom stereocenters. The van der Waals surface area contributed by atoms with Gasteiger partial charge in [-0.15, -0.1) is 0 Å². The van der Waals surface area contributed by atoms with E-state index in [0.29, 0.717) is 0 Å². The molecule has 0 aromatic carbocycles. The maximum atomic E-state index is 11.1. The van der Waals surface area contributed by atoms with E-state index in [9.17, 15) is 16.8 Å². The Morgan fingerprint density at radius 3 is 2.33 bits per heavy atom. The first-order valence-electron chi connectivity index (χ1n) is 3.93. The summed E-state index contributed by atoms with van der Waals surface area (Å²) in [5, 5.41) is 3.12. The van der Waals surface area contributed by atoms with E-state index < -0.39 is 31.4 Å². The van der Waals surface area contributed by atoms with Crippen LogP contribution in [0.5, 0.6) is 0 Å². The van der Waals surface area contributed by atoms with Gasteiger partial charge in [0.2, 0.25) is 10.0 Å². The van der Waals surface area contributed by atoms with Crippen LogP contribution < -0.4 is 4.72 Å². The number of sulfone groups is 1. The van der Waals surface area contributed by atoms with Gasteiger partial charge in [-0.05, 0) is 5.53 Å². The van der Waals surface area contributed by atoms with Crippen LogP contribution >= 0.6 is 0 Å². The van der Waals surface area contributed by atoms with Crippen LogP contribution in [0, 0.1) is 0 Å². The summed E-state index contributed by atoms with van der Waals surface area (Å²) in [4.78, 5) is 2.43. The molecule has 0 aromatic heterocycles. The first-order chi connectivity index (χ1) is 6.77. The second-order valence-electron chi connectivity index (χ2n) is 2.80. The van der Waals surface area contributed by atoms with Crippen molar-refractivity contribution >= 4 is 19.9 Å². The van der Waals surface area contributed by atoms with Crippen LogP contribution in [0.15, 0.2) is 5.11 Å². The van der Waals surface area contributed by atoms with Gasteiger partial charge in [0, 0.05) is 24.3 Å². The summed E-state index contributed by atoms with van der Waals surface area (Å²) >= 11 is 0. The molecule has 0 saturated heterocycles. The van der Waals surface area contributed by atoms with E-state index in [1.165, 1.54) is 0 Å². The molecule has 10 heteroatoms. The topological polar surface area (TPSA) is 129 Å². The maximum absolute atomic E-state index is 11.1. The zero-order valence-electron chi connectivity index (χ0n) is 8.12. The zero-order valence-corrected chi connectivity index (χ0v) is 9.75. The molecule has 88 valence electrons. The molecule has 0 rings (SSSR count). The van der Waals surface area contributed by atoms with Gasteiger partial charge in [-0.2, -0.15) is 0 Å².